The van der Waals surface area contributed by atoms with E-state index in [1.54, 1.807) is 43.0 Å². The molecule has 8 nitrogen and oxygen atoms in total. The first-order valence-corrected chi connectivity index (χ1v) is 13.6. The van der Waals surface area contributed by atoms with Gasteiger partial charge in [0.2, 0.25) is 20.0 Å². The molecule has 0 saturated carbocycles. The van der Waals surface area contributed by atoms with Gasteiger partial charge >= 0.3 is 0 Å². The van der Waals surface area contributed by atoms with Crippen LogP contribution in [0.4, 0.5) is 0 Å². The summed E-state index contributed by atoms with van der Waals surface area (Å²) in [6.07, 6.45) is 0. The zero-order valence-electron chi connectivity index (χ0n) is 18.8. The van der Waals surface area contributed by atoms with Gasteiger partial charge in [0.15, 0.2) is 0 Å². The minimum Gasteiger partial charge on any atom is -0.339 e. The van der Waals surface area contributed by atoms with E-state index >= 15 is 0 Å². The van der Waals surface area contributed by atoms with Crippen LogP contribution in [0.1, 0.15) is 49.2 Å². The fraction of sp³-hybridized carbons (Fsp3) is 0.409. The number of carbonyl (C=O) groups excluding carboxylic acids is 1. The zero-order chi connectivity index (χ0) is 23.9. The highest BCUT2D eigenvalue weighted by molar-refractivity contribution is 7.89. The Labute approximate surface area is 191 Å². The second-order valence-electron chi connectivity index (χ2n) is 7.63. The summed E-state index contributed by atoms with van der Waals surface area (Å²) in [7, 11) is -7.40. The van der Waals surface area contributed by atoms with Gasteiger partial charge in [0, 0.05) is 31.2 Å². The minimum absolute atomic E-state index is 0.0279. The number of nitrogens with one attached hydrogen (secondary N) is 2. The van der Waals surface area contributed by atoms with Crippen LogP contribution in [0, 0.1) is 0 Å². The van der Waals surface area contributed by atoms with Gasteiger partial charge in [-0.1, -0.05) is 24.3 Å². The van der Waals surface area contributed by atoms with E-state index in [1.807, 2.05) is 13.8 Å². The Morgan fingerprint density at radius 2 is 1.47 bits per heavy atom. The molecule has 0 aliphatic carbocycles. The molecule has 10 heteroatoms. The number of hydrogen-bond donors (Lipinski definition) is 2. The van der Waals surface area contributed by atoms with E-state index in [9.17, 15) is 21.6 Å². The van der Waals surface area contributed by atoms with Gasteiger partial charge in [-0.15, -0.1) is 0 Å². The highest BCUT2D eigenvalue weighted by Gasteiger charge is 2.19. The molecule has 0 aliphatic heterocycles. The Balaban J connectivity index is 2.15. The maximum absolute atomic E-state index is 12.7. The molecule has 0 aromatic heterocycles. The van der Waals surface area contributed by atoms with Crippen LogP contribution in [0.2, 0.25) is 0 Å². The van der Waals surface area contributed by atoms with E-state index in [1.165, 1.54) is 24.3 Å². The lowest BCUT2D eigenvalue weighted by molar-refractivity contribution is 0.0773. The molecule has 0 bridgehead atoms. The topological polar surface area (TPSA) is 113 Å². The van der Waals surface area contributed by atoms with E-state index < -0.39 is 20.0 Å². The number of rotatable bonds is 11. The second-order valence-corrected chi connectivity index (χ2v) is 11.1. The molecular formula is C22H31N3O5S2. The predicted octanol–water partition coefficient (Wildman–Crippen LogP) is 2.47. The molecular weight excluding hydrogens is 450 g/mol. The number of amides is 1. The van der Waals surface area contributed by atoms with Crippen LogP contribution in [0.5, 0.6) is 0 Å². The van der Waals surface area contributed by atoms with Crippen molar-refractivity contribution in [1.82, 2.24) is 14.3 Å². The lowest BCUT2D eigenvalue weighted by Crippen LogP contribution is -2.32. The van der Waals surface area contributed by atoms with Crippen molar-refractivity contribution in [3.8, 4) is 0 Å². The molecule has 0 aliphatic rings. The lowest BCUT2D eigenvalue weighted by atomic mass is 10.1. The largest absolute Gasteiger partial charge is 0.339 e. The Bertz CT molecular complexity index is 1120. The second kappa shape index (κ2) is 11.0. The number of nitrogens with zero attached hydrogens (tertiary/aromatic N) is 1. The number of carbonyl (C=O) groups is 1. The Morgan fingerprint density at radius 3 is 2.00 bits per heavy atom. The van der Waals surface area contributed by atoms with Crippen LogP contribution in [-0.2, 0) is 32.3 Å². The third-order valence-electron chi connectivity index (χ3n) is 4.79. The summed E-state index contributed by atoms with van der Waals surface area (Å²) >= 11 is 0. The average molecular weight is 482 g/mol. The minimum atomic E-state index is -3.85. The molecule has 0 spiro atoms. The van der Waals surface area contributed by atoms with E-state index in [2.05, 4.69) is 9.44 Å². The monoisotopic (exact) mass is 481 g/mol. The molecule has 176 valence electrons. The van der Waals surface area contributed by atoms with Crippen LogP contribution in [0.25, 0.3) is 0 Å². The van der Waals surface area contributed by atoms with E-state index in [0.717, 1.165) is 0 Å². The molecule has 32 heavy (non-hydrogen) atoms. The standard InChI is InChI=1S/C22H31N3O5S2/c1-5-25(6-2)22(26)18-11-13-21(14-12-18)32(29,30)23-15-19-9-7-8-10-20(19)16-31(27,28)24-17(3)4/h7-14,17,23-24H,5-6,15-16H2,1-4H3. The number of sulfonamides is 2. The first-order chi connectivity index (χ1) is 15.0. The molecule has 0 saturated heterocycles. The molecule has 2 aromatic carbocycles. The average Bonchev–Trinajstić information content (AvgIpc) is 2.73. The molecule has 0 unspecified atom stereocenters. The molecule has 0 atom stereocenters. The van der Waals surface area contributed by atoms with Crippen LogP contribution in [0.15, 0.2) is 53.4 Å². The lowest BCUT2D eigenvalue weighted by Gasteiger charge is -2.18. The maximum Gasteiger partial charge on any atom is 0.253 e. The Hall–Kier alpha value is -2.27. The van der Waals surface area contributed by atoms with Crippen molar-refractivity contribution in [3.63, 3.8) is 0 Å². The van der Waals surface area contributed by atoms with Crippen molar-refractivity contribution < 1.29 is 21.6 Å². The number of hydrogen-bond acceptors (Lipinski definition) is 5. The van der Waals surface area contributed by atoms with Crippen molar-refractivity contribution in [2.75, 3.05) is 13.1 Å². The summed E-state index contributed by atoms with van der Waals surface area (Å²) in [6, 6.07) is 12.3. The van der Waals surface area contributed by atoms with Crippen molar-refractivity contribution >= 4 is 26.0 Å². The third-order valence-corrected chi connectivity index (χ3v) is 7.73. The molecule has 0 heterocycles. The van der Waals surface area contributed by atoms with Gasteiger partial charge in [0.05, 0.1) is 10.6 Å². The van der Waals surface area contributed by atoms with Crippen LogP contribution in [0.3, 0.4) is 0 Å². The van der Waals surface area contributed by atoms with Crippen molar-refractivity contribution in [1.29, 1.82) is 0 Å². The fourth-order valence-electron chi connectivity index (χ4n) is 3.20. The van der Waals surface area contributed by atoms with Gasteiger partial charge in [-0.3, -0.25) is 4.79 Å². The zero-order valence-corrected chi connectivity index (χ0v) is 20.5. The highest BCUT2D eigenvalue weighted by atomic mass is 32.2. The molecule has 0 fully saturated rings. The molecule has 2 N–H and O–H groups in total. The van der Waals surface area contributed by atoms with Crippen LogP contribution in [-0.4, -0.2) is 46.8 Å². The normalized spacial score (nSPS) is 12.2. The molecule has 2 aromatic rings. The van der Waals surface area contributed by atoms with Crippen molar-refractivity contribution in [2.24, 2.45) is 0 Å². The van der Waals surface area contributed by atoms with Crippen LogP contribution >= 0.6 is 0 Å². The van der Waals surface area contributed by atoms with E-state index in [0.29, 0.717) is 29.8 Å². The predicted molar refractivity (Wildman–Crippen MR) is 125 cm³/mol. The summed E-state index contributed by atoms with van der Waals surface area (Å²) in [5.74, 6) is -0.400. The molecule has 1 amide bonds. The van der Waals surface area contributed by atoms with Crippen LogP contribution < -0.4 is 9.44 Å². The van der Waals surface area contributed by atoms with Gasteiger partial charge in [0.25, 0.3) is 5.91 Å². The molecule has 0 radical (unpaired) electrons. The summed E-state index contributed by atoms with van der Waals surface area (Å²) in [6.45, 7) is 8.31. The summed E-state index contributed by atoms with van der Waals surface area (Å²) in [5.41, 5.74) is 1.50. The van der Waals surface area contributed by atoms with Gasteiger partial charge in [0.1, 0.15) is 0 Å². The summed E-state index contributed by atoms with van der Waals surface area (Å²) < 4.78 is 55.1. The first kappa shape index (κ1) is 26.0. The van der Waals surface area contributed by atoms with Crippen molar-refractivity contribution in [2.45, 2.75) is 50.9 Å². The highest BCUT2D eigenvalue weighted by Crippen LogP contribution is 2.16. The maximum atomic E-state index is 12.7. The van der Waals surface area contributed by atoms with E-state index in [-0.39, 0.29) is 29.1 Å². The Morgan fingerprint density at radius 1 is 0.906 bits per heavy atom. The van der Waals surface area contributed by atoms with E-state index in [4.69, 9.17) is 0 Å². The smallest absolute Gasteiger partial charge is 0.253 e. The third kappa shape index (κ3) is 7.13. The van der Waals surface area contributed by atoms with Crippen molar-refractivity contribution in [3.05, 3.63) is 65.2 Å². The SMILES string of the molecule is CCN(CC)C(=O)c1ccc(S(=O)(=O)NCc2ccccc2CS(=O)(=O)NC(C)C)cc1. The number of benzene rings is 2. The summed E-state index contributed by atoms with van der Waals surface area (Å²) in [5, 5.41) is 0. The van der Waals surface area contributed by atoms with Gasteiger partial charge in [-0.25, -0.2) is 26.3 Å². The fourth-order valence-corrected chi connectivity index (χ4v) is 5.70. The summed E-state index contributed by atoms with van der Waals surface area (Å²) in [4.78, 5) is 14.1. The van der Waals surface area contributed by atoms with Gasteiger partial charge in [-0.2, -0.15) is 0 Å². The molecule has 2 rings (SSSR count). The first-order valence-electron chi connectivity index (χ1n) is 10.4. The Kier molecular flexibility index (Phi) is 8.97. The van der Waals surface area contributed by atoms with Gasteiger partial charge in [-0.05, 0) is 63.1 Å². The van der Waals surface area contributed by atoms with Gasteiger partial charge < -0.3 is 4.90 Å². The quantitative estimate of drug-likeness (QED) is 0.512.